The zero-order chi connectivity index (χ0) is 9.40. The molecule has 0 spiro atoms. The molecular weight excluding hydrogens is 146 g/mol. The van der Waals surface area contributed by atoms with Crippen molar-refractivity contribution in [2.75, 3.05) is 0 Å². The predicted molar refractivity (Wildman–Crippen MR) is 52.7 cm³/mol. The molecule has 0 atom stereocenters. The minimum Gasteiger partial charge on any atom is -0.193 e. The lowest BCUT2D eigenvalue weighted by Gasteiger charge is -1.97. The van der Waals surface area contributed by atoms with Gasteiger partial charge in [0.2, 0.25) is 0 Å². The van der Waals surface area contributed by atoms with Crippen LogP contribution in [0, 0.1) is 11.3 Å². The van der Waals surface area contributed by atoms with Gasteiger partial charge in [0.25, 0.3) is 0 Å². The summed E-state index contributed by atoms with van der Waals surface area (Å²) in [4.78, 5) is 0. The minimum atomic E-state index is 0.861. The van der Waals surface area contributed by atoms with Gasteiger partial charge in [-0.15, -0.1) is 0 Å². The van der Waals surface area contributed by atoms with Crippen molar-refractivity contribution in [3.8, 4) is 6.07 Å². The van der Waals surface area contributed by atoms with E-state index in [-0.39, 0.29) is 0 Å². The average molecular weight is 163 g/mol. The average Bonchev–Trinajstić information content (AvgIpc) is 2.10. The van der Waals surface area contributed by atoms with Crippen LogP contribution in [0.1, 0.15) is 40.0 Å². The molecule has 66 valence electrons. The molecule has 0 saturated heterocycles. The molecule has 1 nitrogen and oxygen atoms in total. The number of nitriles is 1. The van der Waals surface area contributed by atoms with Crippen molar-refractivity contribution in [1.29, 1.82) is 5.26 Å². The maximum absolute atomic E-state index is 8.58. The molecule has 0 rings (SSSR count). The Kier molecular flexibility index (Phi) is 6.09. The molecule has 0 bridgehead atoms. The first kappa shape index (κ1) is 11.0. The highest BCUT2D eigenvalue weighted by molar-refractivity contribution is 5.24. The van der Waals surface area contributed by atoms with Crippen molar-refractivity contribution in [3.63, 3.8) is 0 Å². The molecule has 0 aromatic rings. The zero-order valence-electron chi connectivity index (χ0n) is 8.22. The summed E-state index contributed by atoms with van der Waals surface area (Å²) >= 11 is 0. The second-order valence-electron chi connectivity index (χ2n) is 2.94. The molecule has 0 radical (unpaired) electrons. The van der Waals surface area contributed by atoms with Crippen molar-refractivity contribution in [2.24, 2.45) is 0 Å². The maximum Gasteiger partial charge on any atom is 0.0943 e. The lowest BCUT2D eigenvalue weighted by Crippen LogP contribution is -1.80. The fourth-order valence-corrected chi connectivity index (χ4v) is 0.867. The third-order valence-corrected chi connectivity index (χ3v) is 1.90. The standard InChI is InChI=1S/C11H17N/c1-4-5-6-7-8-10(2)11(3)9-12/h5-6H,4,7-8H2,1-3H3. The molecule has 0 aromatic carbocycles. The Bertz CT molecular complexity index is 216. The first-order valence-electron chi connectivity index (χ1n) is 4.43. The number of hydrogen-bond acceptors (Lipinski definition) is 1. The van der Waals surface area contributed by atoms with Gasteiger partial charge >= 0.3 is 0 Å². The van der Waals surface area contributed by atoms with E-state index in [2.05, 4.69) is 25.1 Å². The molecule has 0 fully saturated rings. The van der Waals surface area contributed by atoms with Crippen LogP contribution in [0.3, 0.4) is 0 Å². The highest BCUT2D eigenvalue weighted by Crippen LogP contribution is 2.09. The lowest BCUT2D eigenvalue weighted by atomic mass is 10.1. The van der Waals surface area contributed by atoms with Gasteiger partial charge in [0.1, 0.15) is 0 Å². The van der Waals surface area contributed by atoms with Crippen molar-refractivity contribution < 1.29 is 0 Å². The fourth-order valence-electron chi connectivity index (χ4n) is 0.867. The van der Waals surface area contributed by atoms with E-state index in [9.17, 15) is 0 Å². The Morgan fingerprint density at radius 2 is 2.00 bits per heavy atom. The SMILES string of the molecule is CCC=CCCC(C)=C(C)C#N. The van der Waals surface area contributed by atoms with E-state index in [0.29, 0.717) is 0 Å². The molecule has 0 aliphatic carbocycles. The highest BCUT2D eigenvalue weighted by Gasteiger charge is 1.93. The van der Waals surface area contributed by atoms with Crippen LogP contribution in [0.5, 0.6) is 0 Å². The normalized spacial score (nSPS) is 12.8. The van der Waals surface area contributed by atoms with Gasteiger partial charge < -0.3 is 0 Å². The lowest BCUT2D eigenvalue weighted by molar-refractivity contribution is 0.957. The van der Waals surface area contributed by atoms with E-state index < -0.39 is 0 Å². The molecule has 0 aromatic heterocycles. The summed E-state index contributed by atoms with van der Waals surface area (Å²) in [6.07, 6.45) is 7.50. The van der Waals surface area contributed by atoms with Crippen LogP contribution in [-0.2, 0) is 0 Å². The Morgan fingerprint density at radius 1 is 1.33 bits per heavy atom. The number of allylic oxidation sites excluding steroid dienone is 4. The Labute approximate surface area is 75.4 Å². The molecule has 0 aliphatic heterocycles. The summed E-state index contributed by atoms with van der Waals surface area (Å²) in [5.74, 6) is 0. The maximum atomic E-state index is 8.58. The van der Waals surface area contributed by atoms with Gasteiger partial charge in [-0.2, -0.15) is 5.26 Å². The van der Waals surface area contributed by atoms with Gasteiger partial charge in [0, 0.05) is 5.57 Å². The van der Waals surface area contributed by atoms with Crippen LogP contribution in [0.25, 0.3) is 0 Å². The van der Waals surface area contributed by atoms with Crippen LogP contribution in [-0.4, -0.2) is 0 Å². The van der Waals surface area contributed by atoms with Gasteiger partial charge in [0.05, 0.1) is 6.07 Å². The van der Waals surface area contributed by atoms with E-state index in [1.807, 2.05) is 13.8 Å². The highest BCUT2D eigenvalue weighted by atomic mass is 14.2. The summed E-state index contributed by atoms with van der Waals surface area (Å²) in [6.45, 7) is 6.02. The molecular formula is C11H17N. The van der Waals surface area contributed by atoms with E-state index >= 15 is 0 Å². The number of rotatable bonds is 4. The van der Waals surface area contributed by atoms with Gasteiger partial charge in [-0.1, -0.05) is 24.6 Å². The van der Waals surface area contributed by atoms with Crippen LogP contribution < -0.4 is 0 Å². The van der Waals surface area contributed by atoms with Crippen molar-refractivity contribution >= 4 is 0 Å². The fraction of sp³-hybridized carbons (Fsp3) is 0.545. The quantitative estimate of drug-likeness (QED) is 0.459. The molecule has 0 heterocycles. The Hall–Kier alpha value is -1.03. The Morgan fingerprint density at radius 3 is 2.50 bits per heavy atom. The minimum absolute atomic E-state index is 0.861. The van der Waals surface area contributed by atoms with Crippen LogP contribution in [0.2, 0.25) is 0 Å². The monoisotopic (exact) mass is 163 g/mol. The summed E-state index contributed by atoms with van der Waals surface area (Å²) in [6, 6.07) is 2.16. The van der Waals surface area contributed by atoms with E-state index in [1.165, 1.54) is 5.57 Å². The van der Waals surface area contributed by atoms with E-state index in [4.69, 9.17) is 5.26 Å². The van der Waals surface area contributed by atoms with E-state index in [0.717, 1.165) is 24.8 Å². The van der Waals surface area contributed by atoms with Crippen LogP contribution >= 0.6 is 0 Å². The smallest absolute Gasteiger partial charge is 0.0943 e. The molecule has 0 unspecified atom stereocenters. The zero-order valence-corrected chi connectivity index (χ0v) is 8.22. The third kappa shape index (κ3) is 4.73. The summed E-state index contributed by atoms with van der Waals surface area (Å²) in [5.41, 5.74) is 2.07. The Balaban J connectivity index is 3.80. The summed E-state index contributed by atoms with van der Waals surface area (Å²) in [7, 11) is 0. The molecule has 0 N–H and O–H groups in total. The van der Waals surface area contributed by atoms with Gasteiger partial charge in [-0.25, -0.2) is 0 Å². The van der Waals surface area contributed by atoms with Crippen LogP contribution in [0.15, 0.2) is 23.3 Å². The molecule has 0 saturated carbocycles. The molecule has 0 amide bonds. The number of hydrogen-bond donors (Lipinski definition) is 0. The van der Waals surface area contributed by atoms with E-state index in [1.54, 1.807) is 0 Å². The van der Waals surface area contributed by atoms with Crippen LogP contribution in [0.4, 0.5) is 0 Å². The van der Waals surface area contributed by atoms with Gasteiger partial charge in [-0.05, 0) is 33.1 Å². The van der Waals surface area contributed by atoms with Crippen molar-refractivity contribution in [1.82, 2.24) is 0 Å². The van der Waals surface area contributed by atoms with Gasteiger partial charge in [-0.3, -0.25) is 0 Å². The second kappa shape index (κ2) is 6.67. The topological polar surface area (TPSA) is 23.8 Å². The number of nitrogens with zero attached hydrogens (tertiary/aromatic N) is 1. The second-order valence-corrected chi connectivity index (χ2v) is 2.94. The largest absolute Gasteiger partial charge is 0.193 e. The molecule has 0 aliphatic rings. The van der Waals surface area contributed by atoms with Crippen molar-refractivity contribution in [3.05, 3.63) is 23.3 Å². The molecule has 12 heavy (non-hydrogen) atoms. The molecule has 1 heteroatoms. The summed E-state index contributed by atoms with van der Waals surface area (Å²) < 4.78 is 0. The predicted octanol–water partition coefficient (Wildman–Crippen LogP) is 3.59. The first-order valence-corrected chi connectivity index (χ1v) is 4.43. The van der Waals surface area contributed by atoms with Gasteiger partial charge in [0.15, 0.2) is 0 Å². The summed E-state index contributed by atoms with van der Waals surface area (Å²) in [5, 5.41) is 8.58. The third-order valence-electron chi connectivity index (χ3n) is 1.90. The first-order chi connectivity index (χ1) is 5.72. The van der Waals surface area contributed by atoms with Crippen molar-refractivity contribution in [2.45, 2.75) is 40.0 Å².